The van der Waals surface area contributed by atoms with Crippen LogP contribution in [-0.2, 0) is 4.74 Å². The maximum atomic E-state index is 13.9. The van der Waals surface area contributed by atoms with Crippen LogP contribution < -0.4 is 0 Å². The van der Waals surface area contributed by atoms with Gasteiger partial charge in [0.15, 0.2) is 0 Å². The third kappa shape index (κ3) is 5.43. The van der Waals surface area contributed by atoms with E-state index in [0.717, 1.165) is 24.3 Å². The maximum absolute atomic E-state index is 13.9. The summed E-state index contributed by atoms with van der Waals surface area (Å²) in [5.74, 6) is -79.5. The molecule has 44 heavy (non-hydrogen) atoms. The molecule has 0 heterocycles. The lowest BCUT2D eigenvalue weighted by Crippen LogP contribution is -2.76. The molecule has 252 valence electrons. The average molecular weight is 693 g/mol. The Hall–Kier alpha value is -3.29. The summed E-state index contributed by atoms with van der Waals surface area (Å²) in [5.41, 5.74) is -0.791. The van der Waals surface area contributed by atoms with Crippen LogP contribution in [0.25, 0.3) is 0 Å². The van der Waals surface area contributed by atoms with E-state index in [1.165, 1.54) is 6.07 Å². The Morgan fingerprint density at radius 1 is 0.545 bits per heavy atom. The normalized spacial score (nSPS) is 15.2. The Morgan fingerprint density at radius 3 is 1.18 bits per heavy atom. The molecule has 0 aromatic heterocycles. The van der Waals surface area contributed by atoms with Crippen LogP contribution in [0.2, 0.25) is 0 Å². The Kier molecular flexibility index (Phi) is 9.64. The van der Waals surface area contributed by atoms with Crippen LogP contribution in [0, 0.1) is 11.3 Å². The van der Waals surface area contributed by atoms with Crippen molar-refractivity contribution in [3.05, 3.63) is 35.4 Å². The smallest absolute Gasteiger partial charge is 0.460 e. The molecule has 0 amide bonds. The van der Waals surface area contributed by atoms with Crippen LogP contribution in [0.5, 0.6) is 0 Å². The van der Waals surface area contributed by atoms with E-state index in [0.29, 0.717) is 0 Å². The van der Waals surface area contributed by atoms with E-state index in [1.54, 1.807) is 0 Å². The lowest BCUT2D eigenvalue weighted by atomic mass is 9.86. The number of carbonyl (C=O) groups is 1. The van der Waals surface area contributed by atoms with E-state index >= 15 is 0 Å². The number of halogens is 21. The van der Waals surface area contributed by atoms with Crippen LogP contribution in [0.4, 0.5) is 92.2 Å². The fourth-order valence-electron chi connectivity index (χ4n) is 2.78. The van der Waals surface area contributed by atoms with E-state index < -0.39 is 84.0 Å². The lowest BCUT2D eigenvalue weighted by molar-refractivity contribution is -0.474. The van der Waals surface area contributed by atoms with Gasteiger partial charge in [0.05, 0.1) is 30.2 Å². The van der Waals surface area contributed by atoms with Crippen molar-refractivity contribution >= 4 is 5.97 Å². The molecule has 0 bridgehead atoms. The number of hydrogen-bond donors (Lipinski definition) is 0. The molecule has 24 heteroatoms. The molecule has 0 saturated carbocycles. The molecule has 0 saturated heterocycles. The summed E-state index contributed by atoms with van der Waals surface area (Å²) in [6.07, 6.45) is -11.1. The fourth-order valence-corrected chi connectivity index (χ4v) is 2.78. The first-order chi connectivity index (χ1) is 19.2. The molecule has 0 aliphatic rings. The van der Waals surface area contributed by atoms with Gasteiger partial charge in [-0.15, -0.1) is 0 Å². The van der Waals surface area contributed by atoms with Crippen molar-refractivity contribution in [3.63, 3.8) is 0 Å². The number of ether oxygens (including phenoxy) is 1. The van der Waals surface area contributed by atoms with Gasteiger partial charge in [-0.05, 0) is 24.3 Å². The van der Waals surface area contributed by atoms with Crippen LogP contribution in [0.1, 0.15) is 22.3 Å². The molecule has 0 aliphatic heterocycles. The van der Waals surface area contributed by atoms with Gasteiger partial charge in [0.25, 0.3) is 0 Å². The predicted molar refractivity (Wildman–Crippen MR) is 96.6 cm³/mol. The number of esters is 1. The van der Waals surface area contributed by atoms with Gasteiger partial charge in [0, 0.05) is 0 Å². The highest BCUT2D eigenvalue weighted by atomic mass is 19.4. The molecule has 0 atom stereocenters. The molecule has 0 unspecified atom stereocenters. The second-order valence-corrected chi connectivity index (χ2v) is 8.37. The third-order valence-corrected chi connectivity index (χ3v) is 5.47. The van der Waals surface area contributed by atoms with Gasteiger partial charge in [-0.3, -0.25) is 0 Å². The topological polar surface area (TPSA) is 50.1 Å². The summed E-state index contributed by atoms with van der Waals surface area (Å²) in [5, 5.41) is 8.56. The lowest BCUT2D eigenvalue weighted by Gasteiger charge is -2.44. The molecular weight excluding hydrogens is 685 g/mol. The van der Waals surface area contributed by atoms with Gasteiger partial charge in [-0.1, -0.05) is 0 Å². The van der Waals surface area contributed by atoms with Crippen molar-refractivity contribution < 1.29 is 102 Å². The highest BCUT2D eigenvalue weighted by Gasteiger charge is 2.97. The first-order valence-corrected chi connectivity index (χ1v) is 10.3. The van der Waals surface area contributed by atoms with Crippen molar-refractivity contribution in [2.24, 2.45) is 0 Å². The van der Waals surface area contributed by atoms with Crippen LogP contribution in [0.3, 0.4) is 0 Å². The first kappa shape index (κ1) is 38.7. The van der Waals surface area contributed by atoms with Crippen molar-refractivity contribution in [2.45, 2.75) is 65.9 Å². The molecule has 0 fully saturated rings. The number of rotatable bonds is 12. The van der Waals surface area contributed by atoms with Crippen molar-refractivity contribution in [2.75, 3.05) is 6.61 Å². The summed E-state index contributed by atoms with van der Waals surface area (Å²) in [6.45, 7) is -2.20. The van der Waals surface area contributed by atoms with Crippen LogP contribution >= 0.6 is 0 Å². The van der Waals surface area contributed by atoms with E-state index in [9.17, 15) is 97.0 Å². The van der Waals surface area contributed by atoms with Gasteiger partial charge in [-0.2, -0.15) is 97.5 Å². The summed E-state index contributed by atoms with van der Waals surface area (Å²) >= 11 is 0. The van der Waals surface area contributed by atoms with Gasteiger partial charge in [-0.25, -0.2) is 4.79 Å². The Bertz CT molecular complexity index is 1240. The monoisotopic (exact) mass is 693 g/mol. The quantitative estimate of drug-likeness (QED) is 0.163. The van der Waals surface area contributed by atoms with E-state index in [2.05, 4.69) is 4.74 Å². The van der Waals surface area contributed by atoms with Crippen molar-refractivity contribution in [3.8, 4) is 6.07 Å². The minimum absolute atomic E-state index is 0.131. The highest BCUT2D eigenvalue weighted by molar-refractivity contribution is 5.89. The summed E-state index contributed by atoms with van der Waals surface area (Å²) < 4.78 is 284. The zero-order valence-corrected chi connectivity index (χ0v) is 19.9. The molecule has 0 aliphatic carbocycles. The van der Waals surface area contributed by atoms with Crippen molar-refractivity contribution in [1.82, 2.24) is 0 Å². The third-order valence-electron chi connectivity index (χ3n) is 5.47. The molecular formula is C20H8F21NO2. The molecule has 0 radical (unpaired) electrons. The largest absolute Gasteiger partial charge is 0.462 e. The van der Waals surface area contributed by atoms with Gasteiger partial charge >= 0.3 is 65.4 Å². The van der Waals surface area contributed by atoms with Crippen LogP contribution in [0.15, 0.2) is 24.3 Å². The number of hydrogen-bond acceptors (Lipinski definition) is 3. The Labute approximate surface area is 228 Å². The zero-order chi connectivity index (χ0) is 35.4. The minimum Gasteiger partial charge on any atom is -0.462 e. The molecule has 3 nitrogen and oxygen atoms in total. The summed E-state index contributed by atoms with van der Waals surface area (Å²) in [6, 6.07) is 4.74. The SMILES string of the molecule is N#Cc1ccc(C(=O)OCCC(F)(F)C(F)(F)C(F)(F)C(F)(F)C(F)(F)C(F)(F)C(F)(F)C(F)(F)C(F)(F)C(F)(F)F)cc1. The minimum atomic E-state index is -9.24. The second kappa shape index (κ2) is 11.0. The summed E-state index contributed by atoms with van der Waals surface area (Å²) in [7, 11) is 0. The maximum Gasteiger partial charge on any atom is 0.460 e. The molecule has 0 N–H and O–H groups in total. The standard InChI is InChI=1S/C20H8F21NO2/c21-11(22,5-6-44-10(43)9-3-1-8(7-42)2-4-9)12(23,24)13(25,26)14(27,28)15(29,30)16(31,32)17(33,34)18(35,36)19(37,38)20(39,40)41/h1-4H,5-6H2. The number of nitrogens with zero attached hydrogens (tertiary/aromatic N) is 1. The first-order valence-electron chi connectivity index (χ1n) is 10.3. The van der Waals surface area contributed by atoms with Crippen LogP contribution in [-0.4, -0.2) is 72.1 Å². The molecule has 1 aromatic rings. The fraction of sp³-hybridized carbons (Fsp3) is 0.600. The Balaban J connectivity index is 3.46. The second-order valence-electron chi connectivity index (χ2n) is 8.37. The van der Waals surface area contributed by atoms with Gasteiger partial charge in [0.2, 0.25) is 0 Å². The molecule has 1 aromatic carbocycles. The molecule has 1 rings (SSSR count). The van der Waals surface area contributed by atoms with E-state index in [4.69, 9.17) is 5.26 Å². The van der Waals surface area contributed by atoms with E-state index in [-0.39, 0.29) is 5.56 Å². The summed E-state index contributed by atoms with van der Waals surface area (Å²) in [4.78, 5) is 11.6. The number of carbonyl (C=O) groups excluding carboxylic acids is 1. The number of nitriles is 1. The van der Waals surface area contributed by atoms with Gasteiger partial charge < -0.3 is 4.74 Å². The zero-order valence-electron chi connectivity index (χ0n) is 19.9. The predicted octanol–water partition coefficient (Wildman–Crippen LogP) is 8.39. The van der Waals surface area contributed by atoms with Crippen molar-refractivity contribution in [1.29, 1.82) is 5.26 Å². The average Bonchev–Trinajstić information content (AvgIpc) is 2.86. The number of benzene rings is 1. The highest BCUT2D eigenvalue weighted by Crippen LogP contribution is 2.66. The molecule has 0 spiro atoms. The number of alkyl halides is 21. The van der Waals surface area contributed by atoms with Gasteiger partial charge in [0.1, 0.15) is 0 Å². The Morgan fingerprint density at radius 2 is 0.864 bits per heavy atom. The van der Waals surface area contributed by atoms with E-state index in [1.807, 2.05) is 0 Å².